The lowest BCUT2D eigenvalue weighted by Crippen LogP contribution is -2.47. The maximum absolute atomic E-state index is 13.8. The summed E-state index contributed by atoms with van der Waals surface area (Å²) in [5.74, 6) is -0.171. The highest BCUT2D eigenvalue weighted by Crippen LogP contribution is 2.42. The van der Waals surface area contributed by atoms with E-state index >= 15 is 0 Å². The smallest absolute Gasteiger partial charge is 0.244 e. The van der Waals surface area contributed by atoms with Gasteiger partial charge in [0.25, 0.3) is 0 Å². The molecule has 174 valence electrons. The van der Waals surface area contributed by atoms with E-state index in [1.54, 1.807) is 0 Å². The number of piperazine rings is 1. The molecule has 0 aromatic heterocycles. The number of carbonyl (C=O) groups is 2. The normalized spacial score (nSPS) is 18.5. The van der Waals surface area contributed by atoms with Gasteiger partial charge in [0.05, 0.1) is 0 Å². The van der Waals surface area contributed by atoms with Crippen molar-refractivity contribution in [2.24, 2.45) is 0 Å². The van der Waals surface area contributed by atoms with Gasteiger partial charge in [0.2, 0.25) is 11.8 Å². The third-order valence-electron chi connectivity index (χ3n) is 7.21. The minimum absolute atomic E-state index is 0.0772. The molecule has 2 fully saturated rings. The van der Waals surface area contributed by atoms with Crippen LogP contribution in [0.25, 0.3) is 0 Å². The minimum Gasteiger partial charge on any atom is -0.369 e. The van der Waals surface area contributed by atoms with Crippen molar-refractivity contribution in [1.82, 2.24) is 9.80 Å². The van der Waals surface area contributed by atoms with Gasteiger partial charge in [-0.05, 0) is 36.2 Å². The molecule has 34 heavy (non-hydrogen) atoms. The minimum atomic E-state index is -0.930. The van der Waals surface area contributed by atoms with Gasteiger partial charge in [-0.25, -0.2) is 0 Å². The van der Waals surface area contributed by atoms with Crippen LogP contribution in [0.3, 0.4) is 0 Å². The Balaban J connectivity index is 1.23. The third kappa shape index (κ3) is 4.24. The van der Waals surface area contributed by atoms with Gasteiger partial charge in [-0.15, -0.1) is 0 Å². The Hall–Kier alpha value is -3.44. The fraction of sp³-hybridized carbons (Fsp3) is 0.310. The SMILES string of the molecule is O=C1CC(c2ccccc2)(c2ccccc2)C(=O)N1CCCN1CCN(c2ccccc2)CC1. The predicted octanol–water partition coefficient (Wildman–Crippen LogP) is 3.94. The second kappa shape index (κ2) is 9.82. The highest BCUT2D eigenvalue weighted by atomic mass is 16.2. The number of para-hydroxylation sites is 1. The average Bonchev–Trinajstić information content (AvgIpc) is 3.16. The van der Waals surface area contributed by atoms with E-state index in [1.807, 2.05) is 66.7 Å². The number of carbonyl (C=O) groups excluding carboxylic acids is 2. The number of rotatable bonds is 7. The van der Waals surface area contributed by atoms with Gasteiger partial charge in [-0.2, -0.15) is 0 Å². The second-order valence-electron chi connectivity index (χ2n) is 9.18. The van der Waals surface area contributed by atoms with Gasteiger partial charge in [-0.3, -0.25) is 19.4 Å². The fourth-order valence-electron chi connectivity index (χ4n) is 5.35. The monoisotopic (exact) mass is 453 g/mol. The molecule has 5 heteroatoms. The summed E-state index contributed by atoms with van der Waals surface area (Å²) in [4.78, 5) is 33.3. The van der Waals surface area contributed by atoms with E-state index < -0.39 is 5.41 Å². The van der Waals surface area contributed by atoms with Gasteiger partial charge in [0.15, 0.2) is 0 Å². The number of amides is 2. The van der Waals surface area contributed by atoms with Crippen LogP contribution in [0, 0.1) is 0 Å². The van der Waals surface area contributed by atoms with Gasteiger partial charge in [0, 0.05) is 44.8 Å². The molecular weight excluding hydrogens is 422 g/mol. The van der Waals surface area contributed by atoms with E-state index in [2.05, 4.69) is 34.1 Å². The molecule has 0 spiro atoms. The van der Waals surface area contributed by atoms with E-state index in [4.69, 9.17) is 0 Å². The first-order valence-electron chi connectivity index (χ1n) is 12.2. The molecule has 0 atom stereocenters. The number of hydrogen-bond acceptors (Lipinski definition) is 4. The fourth-order valence-corrected chi connectivity index (χ4v) is 5.35. The molecule has 0 radical (unpaired) electrons. The van der Waals surface area contributed by atoms with Crippen molar-refractivity contribution in [3.05, 3.63) is 102 Å². The standard InChI is InChI=1S/C29H31N3O2/c33-27-23-29(24-11-4-1-5-12-24,25-13-6-2-7-14-25)28(34)32(27)18-10-17-30-19-21-31(22-20-30)26-15-8-3-9-16-26/h1-9,11-16H,10,17-23H2. The van der Waals surface area contributed by atoms with Crippen LogP contribution in [-0.2, 0) is 15.0 Å². The first kappa shape index (κ1) is 22.4. The maximum Gasteiger partial charge on any atom is 0.244 e. The van der Waals surface area contributed by atoms with Gasteiger partial charge in [-0.1, -0.05) is 78.9 Å². The summed E-state index contributed by atoms with van der Waals surface area (Å²) in [5, 5.41) is 0. The Kier molecular flexibility index (Phi) is 6.45. The molecule has 2 saturated heterocycles. The molecule has 2 aliphatic rings. The molecule has 2 heterocycles. The molecule has 3 aromatic rings. The van der Waals surface area contributed by atoms with Crippen molar-refractivity contribution in [2.75, 3.05) is 44.2 Å². The summed E-state index contributed by atoms with van der Waals surface area (Å²) < 4.78 is 0. The molecule has 0 N–H and O–H groups in total. The van der Waals surface area contributed by atoms with E-state index in [9.17, 15) is 9.59 Å². The molecule has 5 rings (SSSR count). The lowest BCUT2D eigenvalue weighted by atomic mass is 9.73. The van der Waals surface area contributed by atoms with Crippen LogP contribution in [0.2, 0.25) is 0 Å². The van der Waals surface area contributed by atoms with Crippen LogP contribution in [0.4, 0.5) is 5.69 Å². The van der Waals surface area contributed by atoms with Crippen molar-refractivity contribution in [3.8, 4) is 0 Å². The average molecular weight is 454 g/mol. The zero-order valence-corrected chi connectivity index (χ0v) is 19.5. The van der Waals surface area contributed by atoms with Crippen molar-refractivity contribution >= 4 is 17.5 Å². The summed E-state index contributed by atoms with van der Waals surface area (Å²) >= 11 is 0. The van der Waals surface area contributed by atoms with Crippen LogP contribution in [-0.4, -0.2) is 60.9 Å². The van der Waals surface area contributed by atoms with Crippen LogP contribution in [0.5, 0.6) is 0 Å². The number of imide groups is 1. The van der Waals surface area contributed by atoms with Gasteiger partial charge < -0.3 is 4.90 Å². The van der Waals surface area contributed by atoms with Crippen molar-refractivity contribution in [1.29, 1.82) is 0 Å². The summed E-state index contributed by atoms with van der Waals surface area (Å²) in [6, 6.07) is 30.0. The molecule has 5 nitrogen and oxygen atoms in total. The summed E-state index contributed by atoms with van der Waals surface area (Å²) in [7, 11) is 0. The van der Waals surface area contributed by atoms with Crippen LogP contribution in [0.15, 0.2) is 91.0 Å². The molecule has 0 saturated carbocycles. The van der Waals surface area contributed by atoms with E-state index in [-0.39, 0.29) is 18.2 Å². The number of anilines is 1. The highest BCUT2D eigenvalue weighted by Gasteiger charge is 2.53. The van der Waals surface area contributed by atoms with Gasteiger partial charge in [0.1, 0.15) is 5.41 Å². The summed E-state index contributed by atoms with van der Waals surface area (Å²) in [6.07, 6.45) is 0.984. The molecular formula is C29H31N3O2. The Labute approximate surface area is 201 Å². The number of nitrogens with zero attached hydrogens (tertiary/aromatic N) is 3. The van der Waals surface area contributed by atoms with Crippen LogP contribution in [0.1, 0.15) is 24.0 Å². The molecule has 0 bridgehead atoms. The zero-order valence-electron chi connectivity index (χ0n) is 19.5. The van der Waals surface area contributed by atoms with Crippen LogP contribution >= 0.6 is 0 Å². The quantitative estimate of drug-likeness (QED) is 0.508. The maximum atomic E-state index is 13.8. The zero-order chi connectivity index (χ0) is 23.4. The first-order valence-corrected chi connectivity index (χ1v) is 12.2. The molecule has 0 aliphatic carbocycles. The predicted molar refractivity (Wildman–Crippen MR) is 135 cm³/mol. The highest BCUT2D eigenvalue weighted by molar-refractivity contribution is 6.11. The number of hydrogen-bond donors (Lipinski definition) is 0. The van der Waals surface area contributed by atoms with Gasteiger partial charge >= 0.3 is 0 Å². The second-order valence-corrected chi connectivity index (χ2v) is 9.18. The number of benzene rings is 3. The molecule has 3 aromatic carbocycles. The topological polar surface area (TPSA) is 43.9 Å². The van der Waals surface area contributed by atoms with Crippen molar-refractivity contribution in [3.63, 3.8) is 0 Å². The van der Waals surface area contributed by atoms with Crippen molar-refractivity contribution < 1.29 is 9.59 Å². The Bertz CT molecular complexity index is 1070. The number of likely N-dealkylation sites (tertiary alicyclic amines) is 1. The Morgan fingerprint density at radius 3 is 1.74 bits per heavy atom. The van der Waals surface area contributed by atoms with E-state index in [0.717, 1.165) is 50.3 Å². The lowest BCUT2D eigenvalue weighted by molar-refractivity contribution is -0.139. The molecule has 2 amide bonds. The third-order valence-corrected chi connectivity index (χ3v) is 7.21. The van der Waals surface area contributed by atoms with Crippen molar-refractivity contribution in [2.45, 2.75) is 18.3 Å². The molecule has 2 aliphatic heterocycles. The Morgan fingerprint density at radius 2 is 1.18 bits per heavy atom. The summed E-state index contributed by atoms with van der Waals surface area (Å²) in [5.41, 5.74) is 2.12. The van der Waals surface area contributed by atoms with Crippen LogP contribution < -0.4 is 4.90 Å². The molecule has 0 unspecified atom stereocenters. The summed E-state index contributed by atoms with van der Waals surface area (Å²) in [6.45, 7) is 5.35. The Morgan fingerprint density at radius 1 is 0.647 bits per heavy atom. The van der Waals surface area contributed by atoms with E-state index in [1.165, 1.54) is 10.6 Å². The largest absolute Gasteiger partial charge is 0.369 e. The van der Waals surface area contributed by atoms with E-state index in [0.29, 0.717) is 6.54 Å². The first-order chi connectivity index (χ1) is 16.7. The lowest BCUT2D eigenvalue weighted by Gasteiger charge is -2.36.